The quantitative estimate of drug-likeness (QED) is 0.773. The van der Waals surface area contributed by atoms with Gasteiger partial charge in [0.25, 0.3) is 0 Å². The standard InChI is InChI=1S/C14H22N2/c1-3-7-16-8-5-4-6-14(16)13-9-12(2)10-15-11-13/h9-11,14H,3-8H2,1-2H3/t14-/m0/s1. The summed E-state index contributed by atoms with van der Waals surface area (Å²) in [5.74, 6) is 0. The average molecular weight is 218 g/mol. The summed E-state index contributed by atoms with van der Waals surface area (Å²) in [6.45, 7) is 6.87. The molecule has 0 saturated carbocycles. The second-order valence-corrected chi connectivity index (χ2v) is 4.84. The second-order valence-electron chi connectivity index (χ2n) is 4.84. The molecule has 1 aliphatic heterocycles. The van der Waals surface area contributed by atoms with Crippen LogP contribution in [0.4, 0.5) is 0 Å². The van der Waals surface area contributed by atoms with Crippen LogP contribution in [0.3, 0.4) is 0 Å². The average Bonchev–Trinajstić information content (AvgIpc) is 2.30. The molecular weight excluding hydrogens is 196 g/mol. The van der Waals surface area contributed by atoms with Crippen molar-refractivity contribution in [3.8, 4) is 0 Å². The Bertz CT molecular complexity index is 333. The van der Waals surface area contributed by atoms with Gasteiger partial charge in [-0.25, -0.2) is 0 Å². The van der Waals surface area contributed by atoms with Gasteiger partial charge >= 0.3 is 0 Å². The molecule has 16 heavy (non-hydrogen) atoms. The molecule has 2 heteroatoms. The van der Waals surface area contributed by atoms with E-state index in [1.807, 2.05) is 12.4 Å². The van der Waals surface area contributed by atoms with E-state index in [1.165, 1.54) is 49.9 Å². The summed E-state index contributed by atoms with van der Waals surface area (Å²) in [5, 5.41) is 0. The zero-order chi connectivity index (χ0) is 11.4. The third-order valence-electron chi connectivity index (χ3n) is 3.41. The first-order valence-electron chi connectivity index (χ1n) is 6.47. The van der Waals surface area contributed by atoms with Crippen molar-refractivity contribution in [1.82, 2.24) is 9.88 Å². The van der Waals surface area contributed by atoms with Gasteiger partial charge in [0.2, 0.25) is 0 Å². The molecule has 0 unspecified atom stereocenters. The molecule has 0 aromatic carbocycles. The first-order chi connectivity index (χ1) is 7.81. The van der Waals surface area contributed by atoms with Crippen molar-refractivity contribution in [2.24, 2.45) is 0 Å². The van der Waals surface area contributed by atoms with E-state index >= 15 is 0 Å². The Kier molecular flexibility index (Phi) is 3.94. The number of aryl methyl sites for hydroxylation is 1. The van der Waals surface area contributed by atoms with Crippen LogP contribution in [0.15, 0.2) is 18.5 Å². The highest BCUT2D eigenvalue weighted by molar-refractivity contribution is 5.20. The van der Waals surface area contributed by atoms with Crippen LogP contribution in [0.1, 0.15) is 49.8 Å². The molecule has 0 N–H and O–H groups in total. The lowest BCUT2D eigenvalue weighted by Gasteiger charge is -2.35. The first kappa shape index (κ1) is 11.6. The van der Waals surface area contributed by atoms with Crippen LogP contribution < -0.4 is 0 Å². The lowest BCUT2D eigenvalue weighted by atomic mass is 9.95. The largest absolute Gasteiger partial charge is 0.296 e. The van der Waals surface area contributed by atoms with E-state index in [0.29, 0.717) is 6.04 Å². The molecule has 1 aromatic rings. The smallest absolute Gasteiger partial charge is 0.0363 e. The zero-order valence-corrected chi connectivity index (χ0v) is 10.4. The molecule has 0 radical (unpaired) electrons. The monoisotopic (exact) mass is 218 g/mol. The van der Waals surface area contributed by atoms with Gasteiger partial charge in [-0.3, -0.25) is 9.88 Å². The van der Waals surface area contributed by atoms with Crippen molar-refractivity contribution in [1.29, 1.82) is 0 Å². The van der Waals surface area contributed by atoms with Crippen LogP contribution in [-0.4, -0.2) is 23.0 Å². The lowest BCUT2D eigenvalue weighted by Crippen LogP contribution is -2.34. The fourth-order valence-electron chi connectivity index (χ4n) is 2.68. The van der Waals surface area contributed by atoms with E-state index in [9.17, 15) is 0 Å². The van der Waals surface area contributed by atoms with Gasteiger partial charge in [-0.1, -0.05) is 19.4 Å². The van der Waals surface area contributed by atoms with Crippen LogP contribution in [0.5, 0.6) is 0 Å². The number of likely N-dealkylation sites (tertiary alicyclic amines) is 1. The maximum Gasteiger partial charge on any atom is 0.0363 e. The molecule has 1 aliphatic rings. The molecule has 0 aliphatic carbocycles. The van der Waals surface area contributed by atoms with E-state index in [0.717, 1.165) is 0 Å². The summed E-state index contributed by atoms with van der Waals surface area (Å²) in [6, 6.07) is 2.91. The van der Waals surface area contributed by atoms with Gasteiger partial charge in [0.15, 0.2) is 0 Å². The molecule has 2 heterocycles. The van der Waals surface area contributed by atoms with E-state index in [4.69, 9.17) is 0 Å². The number of hydrogen-bond donors (Lipinski definition) is 0. The highest BCUT2D eigenvalue weighted by Gasteiger charge is 2.23. The Hall–Kier alpha value is -0.890. The molecule has 0 spiro atoms. The van der Waals surface area contributed by atoms with Gasteiger partial charge in [-0.2, -0.15) is 0 Å². The summed E-state index contributed by atoms with van der Waals surface area (Å²) in [4.78, 5) is 6.95. The van der Waals surface area contributed by atoms with Gasteiger partial charge in [0.05, 0.1) is 0 Å². The molecule has 1 fully saturated rings. The van der Waals surface area contributed by atoms with Gasteiger partial charge in [-0.15, -0.1) is 0 Å². The van der Waals surface area contributed by atoms with Crippen molar-refractivity contribution in [2.45, 2.75) is 45.6 Å². The number of hydrogen-bond acceptors (Lipinski definition) is 2. The Morgan fingerprint density at radius 1 is 1.38 bits per heavy atom. The maximum atomic E-state index is 4.33. The van der Waals surface area contributed by atoms with Gasteiger partial charge in [0, 0.05) is 18.4 Å². The number of rotatable bonds is 3. The highest BCUT2D eigenvalue weighted by Crippen LogP contribution is 2.30. The molecule has 1 atom stereocenters. The summed E-state index contributed by atoms with van der Waals surface area (Å²) < 4.78 is 0. The first-order valence-corrected chi connectivity index (χ1v) is 6.47. The number of nitrogens with zero attached hydrogens (tertiary/aromatic N) is 2. The third-order valence-corrected chi connectivity index (χ3v) is 3.41. The molecule has 88 valence electrons. The van der Waals surface area contributed by atoms with Crippen molar-refractivity contribution < 1.29 is 0 Å². The molecule has 2 nitrogen and oxygen atoms in total. The van der Waals surface area contributed by atoms with Crippen molar-refractivity contribution in [2.75, 3.05) is 13.1 Å². The molecule has 1 saturated heterocycles. The Morgan fingerprint density at radius 3 is 3.00 bits per heavy atom. The minimum absolute atomic E-state index is 0.612. The summed E-state index contributed by atoms with van der Waals surface area (Å²) in [6.07, 6.45) is 9.25. The predicted molar refractivity (Wildman–Crippen MR) is 67.4 cm³/mol. The van der Waals surface area contributed by atoms with E-state index in [-0.39, 0.29) is 0 Å². The van der Waals surface area contributed by atoms with E-state index in [1.54, 1.807) is 0 Å². The molecule has 0 amide bonds. The van der Waals surface area contributed by atoms with Crippen molar-refractivity contribution in [3.63, 3.8) is 0 Å². The van der Waals surface area contributed by atoms with Crippen LogP contribution >= 0.6 is 0 Å². The SMILES string of the molecule is CCCN1CCCC[C@H]1c1cncc(C)c1. The molecular formula is C14H22N2. The summed E-state index contributed by atoms with van der Waals surface area (Å²) in [5.41, 5.74) is 2.69. The fourth-order valence-corrected chi connectivity index (χ4v) is 2.68. The Labute approximate surface area is 98.7 Å². The Morgan fingerprint density at radius 2 is 2.25 bits per heavy atom. The van der Waals surface area contributed by atoms with Gasteiger partial charge in [0.1, 0.15) is 0 Å². The van der Waals surface area contributed by atoms with E-state index < -0.39 is 0 Å². The van der Waals surface area contributed by atoms with Crippen LogP contribution in [0.2, 0.25) is 0 Å². The zero-order valence-electron chi connectivity index (χ0n) is 10.4. The van der Waals surface area contributed by atoms with Crippen molar-refractivity contribution in [3.05, 3.63) is 29.6 Å². The Balaban J connectivity index is 2.16. The predicted octanol–water partition coefficient (Wildman–Crippen LogP) is 3.33. The summed E-state index contributed by atoms with van der Waals surface area (Å²) in [7, 11) is 0. The van der Waals surface area contributed by atoms with Crippen molar-refractivity contribution >= 4 is 0 Å². The third kappa shape index (κ3) is 2.62. The number of piperidine rings is 1. The highest BCUT2D eigenvalue weighted by atomic mass is 15.2. The van der Waals surface area contributed by atoms with Crippen LogP contribution in [0.25, 0.3) is 0 Å². The maximum absolute atomic E-state index is 4.33. The summed E-state index contributed by atoms with van der Waals surface area (Å²) >= 11 is 0. The topological polar surface area (TPSA) is 16.1 Å². The minimum atomic E-state index is 0.612. The molecule has 0 bridgehead atoms. The minimum Gasteiger partial charge on any atom is -0.296 e. The molecule has 1 aromatic heterocycles. The van der Waals surface area contributed by atoms with Gasteiger partial charge < -0.3 is 0 Å². The number of pyridine rings is 1. The van der Waals surface area contributed by atoms with Crippen LogP contribution in [-0.2, 0) is 0 Å². The number of aromatic nitrogens is 1. The normalized spacial score (nSPS) is 22.2. The lowest BCUT2D eigenvalue weighted by molar-refractivity contribution is 0.149. The second kappa shape index (κ2) is 5.44. The fraction of sp³-hybridized carbons (Fsp3) is 0.643. The van der Waals surface area contributed by atoms with Crippen LogP contribution in [0, 0.1) is 6.92 Å². The van der Waals surface area contributed by atoms with E-state index in [2.05, 4.69) is 29.8 Å². The van der Waals surface area contributed by atoms with Gasteiger partial charge in [-0.05, 0) is 50.4 Å². The molecule has 2 rings (SSSR count).